The van der Waals surface area contributed by atoms with Gasteiger partial charge in [0.15, 0.2) is 0 Å². The molecule has 84 valence electrons. The molecule has 0 saturated carbocycles. The number of rotatable bonds is 3. The average molecular weight is 207 g/mol. The highest BCUT2D eigenvalue weighted by Gasteiger charge is 2.26. The summed E-state index contributed by atoms with van der Waals surface area (Å²) in [7, 11) is 0. The second-order valence-electron chi connectivity index (χ2n) is 4.37. The van der Waals surface area contributed by atoms with E-state index in [9.17, 15) is 0 Å². The maximum Gasteiger partial charge on any atom is 0.0948 e. The Hall–Kier alpha value is -0.830. The summed E-state index contributed by atoms with van der Waals surface area (Å²) in [5, 5.41) is 3.49. The molecule has 1 saturated heterocycles. The fraction of sp³-hybridized carbons (Fsp3) is 0.750. The van der Waals surface area contributed by atoms with Crippen LogP contribution in [0.3, 0.4) is 0 Å². The number of aryl methyl sites for hydroxylation is 1. The lowest BCUT2D eigenvalue weighted by atomic mass is 9.82. The number of hydrogen-bond acceptors (Lipinski definition) is 2. The first-order chi connectivity index (χ1) is 7.36. The van der Waals surface area contributed by atoms with Crippen LogP contribution in [0, 0.1) is 5.92 Å². The summed E-state index contributed by atoms with van der Waals surface area (Å²) in [4.78, 5) is 4.28. The second-order valence-corrected chi connectivity index (χ2v) is 4.37. The minimum atomic E-state index is 0.707. The molecule has 0 amide bonds. The minimum absolute atomic E-state index is 0.707. The lowest BCUT2D eigenvalue weighted by Gasteiger charge is -2.31. The third-order valence-electron chi connectivity index (χ3n) is 3.60. The first-order valence-electron chi connectivity index (χ1n) is 6.07. The number of piperidine rings is 1. The molecule has 2 atom stereocenters. The van der Waals surface area contributed by atoms with Gasteiger partial charge in [-0.05, 0) is 32.4 Å². The van der Waals surface area contributed by atoms with E-state index in [1.54, 1.807) is 0 Å². The van der Waals surface area contributed by atoms with Crippen molar-refractivity contribution in [3.8, 4) is 0 Å². The fourth-order valence-corrected chi connectivity index (χ4v) is 2.65. The monoisotopic (exact) mass is 207 g/mol. The summed E-state index contributed by atoms with van der Waals surface area (Å²) in [5.41, 5.74) is 1.44. The molecule has 1 N–H and O–H groups in total. The summed E-state index contributed by atoms with van der Waals surface area (Å²) in [6.07, 6.45) is 6.53. The van der Waals surface area contributed by atoms with Crippen molar-refractivity contribution < 1.29 is 0 Å². The van der Waals surface area contributed by atoms with E-state index in [0.717, 1.165) is 25.6 Å². The van der Waals surface area contributed by atoms with Crippen molar-refractivity contribution >= 4 is 0 Å². The lowest BCUT2D eigenvalue weighted by Crippen LogP contribution is -2.35. The third kappa shape index (κ3) is 2.07. The Morgan fingerprint density at radius 2 is 2.40 bits per heavy atom. The Kier molecular flexibility index (Phi) is 3.41. The van der Waals surface area contributed by atoms with E-state index in [4.69, 9.17) is 0 Å². The number of nitrogens with zero attached hydrogens (tertiary/aromatic N) is 2. The zero-order chi connectivity index (χ0) is 10.7. The summed E-state index contributed by atoms with van der Waals surface area (Å²) in [5.74, 6) is 1.49. The van der Waals surface area contributed by atoms with Crippen LogP contribution in [0.15, 0.2) is 12.5 Å². The molecule has 2 rings (SSSR count). The van der Waals surface area contributed by atoms with Crippen molar-refractivity contribution in [3.05, 3.63) is 18.2 Å². The fourth-order valence-electron chi connectivity index (χ4n) is 2.65. The van der Waals surface area contributed by atoms with Crippen LogP contribution in [-0.4, -0.2) is 22.6 Å². The topological polar surface area (TPSA) is 29.9 Å². The summed E-state index contributed by atoms with van der Waals surface area (Å²) in [6, 6.07) is 0. The molecule has 2 unspecified atom stereocenters. The molecule has 0 aliphatic carbocycles. The maximum atomic E-state index is 4.28. The third-order valence-corrected chi connectivity index (χ3v) is 3.60. The zero-order valence-corrected chi connectivity index (χ0v) is 9.74. The predicted octanol–water partition coefficient (Wildman–Crippen LogP) is 2.01. The van der Waals surface area contributed by atoms with Crippen molar-refractivity contribution in [2.24, 2.45) is 5.92 Å². The molecule has 1 aliphatic heterocycles. The second kappa shape index (κ2) is 4.79. The van der Waals surface area contributed by atoms with Gasteiger partial charge in [0, 0.05) is 24.4 Å². The van der Waals surface area contributed by atoms with Gasteiger partial charge in [0.25, 0.3) is 0 Å². The standard InChI is InChI=1S/C12H21N3/c1-3-10-7-13-6-5-11(10)12-8-14-9-15(12)4-2/h8-11,13H,3-7H2,1-2H3. The van der Waals surface area contributed by atoms with Gasteiger partial charge in [-0.3, -0.25) is 0 Å². The average Bonchev–Trinajstić information content (AvgIpc) is 2.76. The van der Waals surface area contributed by atoms with Crippen molar-refractivity contribution in [3.63, 3.8) is 0 Å². The molecule has 1 aromatic heterocycles. The smallest absolute Gasteiger partial charge is 0.0948 e. The Bertz CT molecular complexity index is 306. The van der Waals surface area contributed by atoms with Crippen molar-refractivity contribution in [2.75, 3.05) is 13.1 Å². The van der Waals surface area contributed by atoms with E-state index >= 15 is 0 Å². The number of imidazole rings is 1. The molecule has 1 fully saturated rings. The number of aromatic nitrogens is 2. The van der Waals surface area contributed by atoms with Crippen LogP contribution >= 0.6 is 0 Å². The van der Waals surface area contributed by atoms with Gasteiger partial charge in [0.2, 0.25) is 0 Å². The van der Waals surface area contributed by atoms with Crippen molar-refractivity contribution in [1.82, 2.24) is 14.9 Å². The van der Waals surface area contributed by atoms with Crippen LogP contribution in [0.2, 0.25) is 0 Å². The lowest BCUT2D eigenvalue weighted by molar-refractivity contribution is 0.307. The van der Waals surface area contributed by atoms with E-state index in [2.05, 4.69) is 34.9 Å². The Morgan fingerprint density at radius 3 is 3.13 bits per heavy atom. The van der Waals surface area contributed by atoms with Crippen LogP contribution < -0.4 is 5.32 Å². The van der Waals surface area contributed by atoms with Crippen LogP contribution in [0.5, 0.6) is 0 Å². The van der Waals surface area contributed by atoms with Gasteiger partial charge >= 0.3 is 0 Å². The molecule has 3 nitrogen and oxygen atoms in total. The molecule has 0 bridgehead atoms. The summed E-state index contributed by atoms with van der Waals surface area (Å²) < 4.78 is 2.29. The van der Waals surface area contributed by atoms with E-state index < -0.39 is 0 Å². The molecule has 3 heteroatoms. The highest BCUT2D eigenvalue weighted by molar-refractivity contribution is 5.09. The summed E-state index contributed by atoms with van der Waals surface area (Å²) in [6.45, 7) is 7.83. The Morgan fingerprint density at radius 1 is 1.53 bits per heavy atom. The quantitative estimate of drug-likeness (QED) is 0.821. The first-order valence-corrected chi connectivity index (χ1v) is 6.07. The van der Waals surface area contributed by atoms with E-state index in [-0.39, 0.29) is 0 Å². The Labute approximate surface area is 91.9 Å². The first kappa shape index (κ1) is 10.7. The number of hydrogen-bond donors (Lipinski definition) is 1. The molecule has 15 heavy (non-hydrogen) atoms. The van der Waals surface area contributed by atoms with Crippen molar-refractivity contribution in [1.29, 1.82) is 0 Å². The van der Waals surface area contributed by atoms with Crippen LogP contribution in [-0.2, 0) is 6.54 Å². The molecular formula is C12H21N3. The molecule has 0 aromatic carbocycles. The minimum Gasteiger partial charge on any atom is -0.335 e. The van der Waals surface area contributed by atoms with Gasteiger partial charge in [-0.2, -0.15) is 0 Å². The molecule has 1 aromatic rings. The van der Waals surface area contributed by atoms with Gasteiger partial charge in [-0.15, -0.1) is 0 Å². The molecule has 0 spiro atoms. The number of nitrogens with one attached hydrogen (secondary N) is 1. The van der Waals surface area contributed by atoms with E-state index in [1.165, 1.54) is 18.5 Å². The predicted molar refractivity (Wildman–Crippen MR) is 61.9 cm³/mol. The van der Waals surface area contributed by atoms with Gasteiger partial charge in [0.1, 0.15) is 0 Å². The molecule has 1 aliphatic rings. The van der Waals surface area contributed by atoms with Gasteiger partial charge < -0.3 is 9.88 Å². The maximum absolute atomic E-state index is 4.28. The van der Waals surface area contributed by atoms with E-state index in [1.807, 2.05) is 6.33 Å². The van der Waals surface area contributed by atoms with Gasteiger partial charge in [-0.25, -0.2) is 4.98 Å². The Balaban J connectivity index is 2.20. The van der Waals surface area contributed by atoms with Crippen LogP contribution in [0.4, 0.5) is 0 Å². The highest BCUT2D eigenvalue weighted by Crippen LogP contribution is 2.31. The zero-order valence-electron chi connectivity index (χ0n) is 9.74. The van der Waals surface area contributed by atoms with Gasteiger partial charge in [-0.1, -0.05) is 13.3 Å². The molecule has 2 heterocycles. The highest BCUT2D eigenvalue weighted by atomic mass is 15.0. The normalized spacial score (nSPS) is 26.8. The van der Waals surface area contributed by atoms with Crippen LogP contribution in [0.25, 0.3) is 0 Å². The van der Waals surface area contributed by atoms with Gasteiger partial charge in [0.05, 0.1) is 6.33 Å². The molecular weight excluding hydrogens is 186 g/mol. The summed E-state index contributed by atoms with van der Waals surface area (Å²) >= 11 is 0. The van der Waals surface area contributed by atoms with Crippen molar-refractivity contribution in [2.45, 2.75) is 39.2 Å². The molecule has 0 radical (unpaired) electrons. The largest absolute Gasteiger partial charge is 0.335 e. The van der Waals surface area contributed by atoms with Crippen LogP contribution in [0.1, 0.15) is 38.3 Å². The SMILES string of the molecule is CCC1CNCCC1c1cncn1CC. The van der Waals surface area contributed by atoms with E-state index in [0.29, 0.717) is 5.92 Å².